The lowest BCUT2D eigenvalue weighted by atomic mass is 10.3. The average molecular weight is 282 g/mol. The van der Waals surface area contributed by atoms with Gasteiger partial charge in [-0.25, -0.2) is 4.68 Å². The third kappa shape index (κ3) is 4.32. The minimum atomic E-state index is 0.376. The molecule has 0 bridgehead atoms. The molecule has 19 heavy (non-hydrogen) atoms. The van der Waals surface area contributed by atoms with Crippen molar-refractivity contribution in [2.24, 2.45) is 11.7 Å². The van der Waals surface area contributed by atoms with E-state index in [1.165, 1.54) is 0 Å². The largest absolute Gasteiger partial charge is 0.337 e. The molecule has 0 aromatic carbocycles. The molecule has 2 aromatic rings. The topological polar surface area (TPSA) is 95.7 Å². The van der Waals surface area contributed by atoms with Crippen LogP contribution >= 0.6 is 11.8 Å². The molecule has 0 atom stereocenters. The normalized spacial score (nSPS) is 11.4. The first kappa shape index (κ1) is 14.0. The minimum absolute atomic E-state index is 0.376. The van der Waals surface area contributed by atoms with Gasteiger partial charge in [0.2, 0.25) is 5.89 Å². The number of hydrogen-bond acceptors (Lipinski definition) is 7. The Morgan fingerprint density at radius 3 is 3.00 bits per heavy atom. The highest BCUT2D eigenvalue weighted by molar-refractivity contribution is 7.98. The molecule has 0 saturated heterocycles. The van der Waals surface area contributed by atoms with E-state index in [2.05, 4.69) is 34.3 Å². The van der Waals surface area contributed by atoms with Crippen LogP contribution in [0.15, 0.2) is 10.7 Å². The van der Waals surface area contributed by atoms with E-state index in [-0.39, 0.29) is 0 Å². The molecule has 2 rings (SSSR count). The number of nitrogens with zero attached hydrogens (tertiary/aromatic N) is 5. The van der Waals surface area contributed by atoms with Crippen molar-refractivity contribution in [1.82, 2.24) is 25.1 Å². The highest BCUT2D eigenvalue weighted by atomic mass is 32.2. The first-order valence-corrected chi connectivity index (χ1v) is 7.31. The van der Waals surface area contributed by atoms with Gasteiger partial charge in [-0.05, 0) is 11.7 Å². The Morgan fingerprint density at radius 1 is 1.47 bits per heavy atom. The van der Waals surface area contributed by atoms with Crippen molar-refractivity contribution in [2.75, 3.05) is 5.75 Å². The van der Waals surface area contributed by atoms with Crippen LogP contribution in [0.3, 0.4) is 0 Å². The van der Waals surface area contributed by atoms with Gasteiger partial charge in [0.15, 0.2) is 5.82 Å². The van der Waals surface area contributed by atoms with Gasteiger partial charge in [0.25, 0.3) is 0 Å². The second-order valence-electron chi connectivity index (χ2n) is 4.62. The van der Waals surface area contributed by atoms with Crippen LogP contribution in [0.5, 0.6) is 0 Å². The summed E-state index contributed by atoms with van der Waals surface area (Å²) in [5, 5.41) is 11.8. The Balaban J connectivity index is 1.86. The van der Waals surface area contributed by atoms with E-state index in [1.807, 2.05) is 0 Å². The molecule has 7 nitrogen and oxygen atoms in total. The van der Waals surface area contributed by atoms with E-state index in [1.54, 1.807) is 22.6 Å². The fourth-order valence-electron chi connectivity index (χ4n) is 1.45. The van der Waals surface area contributed by atoms with Gasteiger partial charge >= 0.3 is 0 Å². The molecule has 2 N–H and O–H groups in total. The van der Waals surface area contributed by atoms with Crippen molar-refractivity contribution in [3.63, 3.8) is 0 Å². The summed E-state index contributed by atoms with van der Waals surface area (Å²) >= 11 is 1.81. The van der Waals surface area contributed by atoms with E-state index in [4.69, 9.17) is 10.3 Å². The van der Waals surface area contributed by atoms with Crippen LogP contribution in [0.25, 0.3) is 0 Å². The van der Waals surface area contributed by atoms with Gasteiger partial charge in [0, 0.05) is 6.54 Å². The highest BCUT2D eigenvalue weighted by Gasteiger charge is 2.08. The Hall–Kier alpha value is -1.41. The van der Waals surface area contributed by atoms with E-state index in [0.29, 0.717) is 24.9 Å². The first-order chi connectivity index (χ1) is 9.17. The third-order valence-corrected chi connectivity index (χ3v) is 3.65. The van der Waals surface area contributed by atoms with Gasteiger partial charge in [0.05, 0.1) is 17.6 Å². The van der Waals surface area contributed by atoms with E-state index < -0.39 is 0 Å². The van der Waals surface area contributed by atoms with Crippen LogP contribution in [0.4, 0.5) is 0 Å². The predicted octanol–water partition coefficient (Wildman–Crippen LogP) is 1.06. The van der Waals surface area contributed by atoms with Crippen LogP contribution in [0, 0.1) is 5.92 Å². The summed E-state index contributed by atoms with van der Waals surface area (Å²) in [7, 11) is 0. The highest BCUT2D eigenvalue weighted by Crippen LogP contribution is 2.13. The molecule has 0 aliphatic heterocycles. The molecule has 8 heteroatoms. The van der Waals surface area contributed by atoms with Gasteiger partial charge in [-0.2, -0.15) is 16.7 Å². The predicted molar refractivity (Wildman–Crippen MR) is 72.3 cm³/mol. The Bertz CT molecular complexity index is 509. The van der Waals surface area contributed by atoms with Crippen LogP contribution in [-0.2, 0) is 18.8 Å². The summed E-state index contributed by atoms with van der Waals surface area (Å²) < 4.78 is 6.81. The summed E-state index contributed by atoms with van der Waals surface area (Å²) in [5.41, 5.74) is 6.21. The molecule has 2 aromatic heterocycles. The SMILES string of the molecule is CC(C)CSCc1noc(Cn2cc(CN)nn2)n1. The van der Waals surface area contributed by atoms with E-state index in [0.717, 1.165) is 23.0 Å². The maximum atomic E-state index is 5.47. The number of nitrogens with two attached hydrogens (primary N) is 1. The molecule has 0 fully saturated rings. The van der Waals surface area contributed by atoms with Gasteiger partial charge < -0.3 is 10.3 Å². The van der Waals surface area contributed by atoms with Gasteiger partial charge in [-0.3, -0.25) is 0 Å². The molecule has 0 aliphatic rings. The molecular weight excluding hydrogens is 264 g/mol. The number of rotatable bonds is 7. The Kier molecular flexibility index (Phi) is 4.92. The smallest absolute Gasteiger partial charge is 0.248 e. The summed E-state index contributed by atoms with van der Waals surface area (Å²) in [6, 6.07) is 0. The van der Waals surface area contributed by atoms with Crippen molar-refractivity contribution in [2.45, 2.75) is 32.7 Å². The lowest BCUT2D eigenvalue weighted by Crippen LogP contribution is -2.01. The Labute approximate surface area is 115 Å². The quantitative estimate of drug-likeness (QED) is 0.811. The zero-order valence-electron chi connectivity index (χ0n) is 11.1. The summed E-state index contributed by atoms with van der Waals surface area (Å²) in [5.74, 6) is 3.79. The second kappa shape index (κ2) is 6.67. The number of hydrogen-bond donors (Lipinski definition) is 1. The van der Waals surface area contributed by atoms with Gasteiger partial charge in [-0.15, -0.1) is 5.10 Å². The fraction of sp³-hybridized carbons (Fsp3) is 0.636. The van der Waals surface area contributed by atoms with Crippen molar-refractivity contribution in [3.8, 4) is 0 Å². The van der Waals surface area contributed by atoms with Crippen LogP contribution < -0.4 is 5.73 Å². The third-order valence-electron chi connectivity index (χ3n) is 2.28. The molecule has 0 unspecified atom stereocenters. The fourth-order valence-corrected chi connectivity index (χ4v) is 2.34. The maximum Gasteiger partial charge on any atom is 0.248 e. The lowest BCUT2D eigenvalue weighted by Gasteiger charge is -2.00. The average Bonchev–Trinajstić information content (AvgIpc) is 2.99. The van der Waals surface area contributed by atoms with Crippen molar-refractivity contribution >= 4 is 11.8 Å². The molecule has 0 amide bonds. The standard InChI is InChI=1S/C11H18N6OS/c1-8(2)6-19-7-10-13-11(18-15-10)5-17-4-9(3-12)14-16-17/h4,8H,3,5-7,12H2,1-2H3. The molecular formula is C11H18N6OS. The van der Waals surface area contributed by atoms with Crippen LogP contribution in [0.1, 0.15) is 31.3 Å². The lowest BCUT2D eigenvalue weighted by molar-refractivity contribution is 0.361. The summed E-state index contributed by atoms with van der Waals surface area (Å²) in [6.07, 6.45) is 1.78. The van der Waals surface area contributed by atoms with Crippen LogP contribution in [0.2, 0.25) is 0 Å². The van der Waals surface area contributed by atoms with E-state index in [9.17, 15) is 0 Å². The molecule has 0 saturated carbocycles. The number of thioether (sulfide) groups is 1. The van der Waals surface area contributed by atoms with E-state index >= 15 is 0 Å². The van der Waals surface area contributed by atoms with Crippen molar-refractivity contribution in [3.05, 3.63) is 23.6 Å². The van der Waals surface area contributed by atoms with Gasteiger partial charge in [-0.1, -0.05) is 24.2 Å². The zero-order chi connectivity index (χ0) is 13.7. The maximum absolute atomic E-state index is 5.47. The molecule has 2 heterocycles. The summed E-state index contributed by atoms with van der Waals surface area (Å²) in [4.78, 5) is 4.32. The summed E-state index contributed by atoms with van der Waals surface area (Å²) in [6.45, 7) is 5.18. The van der Waals surface area contributed by atoms with Gasteiger partial charge in [0.1, 0.15) is 6.54 Å². The second-order valence-corrected chi connectivity index (χ2v) is 5.66. The zero-order valence-corrected chi connectivity index (χ0v) is 11.9. The first-order valence-electron chi connectivity index (χ1n) is 6.15. The minimum Gasteiger partial charge on any atom is -0.337 e. The van der Waals surface area contributed by atoms with Crippen LogP contribution in [-0.4, -0.2) is 30.9 Å². The molecule has 104 valence electrons. The molecule has 0 aliphatic carbocycles. The Morgan fingerprint density at radius 2 is 2.32 bits per heavy atom. The van der Waals surface area contributed by atoms with Crippen molar-refractivity contribution < 1.29 is 4.52 Å². The molecule has 0 spiro atoms. The molecule has 0 radical (unpaired) electrons. The monoisotopic (exact) mass is 282 g/mol. The van der Waals surface area contributed by atoms with Crippen molar-refractivity contribution in [1.29, 1.82) is 0 Å². The number of aromatic nitrogens is 5.